The molecule has 0 saturated heterocycles. The van der Waals surface area contributed by atoms with E-state index in [0.29, 0.717) is 0 Å². The summed E-state index contributed by atoms with van der Waals surface area (Å²) in [5.74, 6) is 0. The van der Waals surface area contributed by atoms with E-state index in [1.165, 1.54) is 15.2 Å². The third kappa shape index (κ3) is 7.59. The van der Waals surface area contributed by atoms with Crippen molar-refractivity contribution in [2.45, 2.75) is 15.2 Å². The van der Waals surface area contributed by atoms with Crippen LogP contribution < -0.4 is 0 Å². The summed E-state index contributed by atoms with van der Waals surface area (Å²) in [5.41, 5.74) is 0. The van der Waals surface area contributed by atoms with Crippen LogP contribution in [0.25, 0.3) is 0 Å². The van der Waals surface area contributed by atoms with E-state index < -0.39 is 41.5 Å². The fourth-order valence-electron chi connectivity index (χ4n) is 1.87. The monoisotopic (exact) mass is 460 g/mol. The Hall–Kier alpha value is 1.48. The van der Waals surface area contributed by atoms with E-state index in [1.54, 1.807) is 0 Å². The second kappa shape index (κ2) is 9.39. The Balaban J connectivity index is 4.10. The molecule has 0 heterocycles. The Morgan fingerprint density at radius 1 is 0.529 bits per heavy atom. The van der Waals surface area contributed by atoms with Crippen molar-refractivity contribution in [3.05, 3.63) is 0 Å². The molecule has 0 amide bonds. The second-order valence-electron chi connectivity index (χ2n) is 4.93. The van der Waals surface area contributed by atoms with Gasteiger partial charge in [0, 0.05) is 0 Å². The van der Waals surface area contributed by atoms with E-state index in [1.807, 2.05) is 0 Å². The molecule has 0 rings (SSSR count). The van der Waals surface area contributed by atoms with Gasteiger partial charge in [0.15, 0.2) is 0 Å². The molecule has 0 saturated carbocycles. The van der Waals surface area contributed by atoms with Crippen LogP contribution in [0.3, 0.4) is 0 Å². The van der Waals surface area contributed by atoms with Crippen LogP contribution in [0.2, 0.25) is 8.73 Å². The summed E-state index contributed by atoms with van der Waals surface area (Å²) < 4.78 is 12.9. The Kier molecular flexibility index (Phi) is 10.2. The van der Waals surface area contributed by atoms with Crippen molar-refractivity contribution < 1.29 is 0 Å². The number of hydrogen-bond acceptors (Lipinski definition) is 4. The van der Waals surface area contributed by atoms with Gasteiger partial charge in [-0.05, 0) is 0 Å². The number of hydrogen-bond donors (Lipinski definition) is 0. The molecule has 0 aliphatic rings. The number of nitrogens with zero attached hydrogens (tertiary/aromatic N) is 4. The Labute approximate surface area is 124 Å². The first-order chi connectivity index (χ1) is 7.77. The van der Waals surface area contributed by atoms with Gasteiger partial charge in [-0.25, -0.2) is 0 Å². The Bertz CT molecular complexity index is 162. The third-order valence-electron chi connectivity index (χ3n) is 2.56. The minimum atomic E-state index is -1.30. The maximum atomic E-state index is 2.50. The second-order valence-corrected chi connectivity index (χ2v) is 20.9. The molecule has 17 heavy (non-hydrogen) atoms. The van der Waals surface area contributed by atoms with Crippen molar-refractivity contribution in [3.8, 4) is 0 Å². The molecular weight excluding hydrogens is 432 g/mol. The van der Waals surface area contributed by atoms with Gasteiger partial charge in [-0.3, -0.25) is 0 Å². The van der Waals surface area contributed by atoms with Gasteiger partial charge in [-0.2, -0.15) is 0 Å². The van der Waals surface area contributed by atoms with Crippen molar-refractivity contribution in [2.75, 3.05) is 56.4 Å². The topological polar surface area (TPSA) is 13.0 Å². The van der Waals surface area contributed by atoms with Gasteiger partial charge in [0.1, 0.15) is 0 Å². The Morgan fingerprint density at radius 2 is 0.765 bits per heavy atom. The normalized spacial score (nSPS) is 13.1. The summed E-state index contributed by atoms with van der Waals surface area (Å²) in [5, 5.41) is 0. The molecule has 0 atom stereocenters. The van der Waals surface area contributed by atoms with E-state index in [2.05, 4.69) is 68.6 Å². The molecule has 0 N–H and O–H groups in total. The van der Waals surface area contributed by atoms with E-state index in [9.17, 15) is 0 Å². The fourth-order valence-corrected chi connectivity index (χ4v) is 15.2. The van der Waals surface area contributed by atoms with Crippen molar-refractivity contribution in [2.24, 2.45) is 0 Å². The average molecular weight is 462 g/mol. The van der Waals surface area contributed by atoms with Gasteiger partial charge in [0.05, 0.1) is 0 Å². The third-order valence-corrected chi connectivity index (χ3v) is 17.2. The molecule has 4 nitrogen and oxygen atoms in total. The van der Waals surface area contributed by atoms with Crippen LogP contribution in [0.1, 0.15) is 6.42 Å². The van der Waals surface area contributed by atoms with Gasteiger partial charge in [-0.1, -0.05) is 0 Å². The zero-order valence-corrected chi connectivity index (χ0v) is 17.9. The van der Waals surface area contributed by atoms with Gasteiger partial charge in [0.25, 0.3) is 0 Å². The molecule has 0 unspecified atom stereocenters. The molecule has 104 valence electrons. The zero-order chi connectivity index (χ0) is 13.6. The SMILES string of the molecule is C[N](C)[Sb]([CH2]C[CH2][Sb]([N](C)C)[N](C)C)[N](C)C. The van der Waals surface area contributed by atoms with Crippen molar-refractivity contribution in [1.29, 1.82) is 0 Å². The molecular formula is C11H30N4Sb2. The van der Waals surface area contributed by atoms with Crippen LogP contribution in [0.15, 0.2) is 0 Å². The average Bonchev–Trinajstić information content (AvgIpc) is 2.14. The molecule has 0 spiro atoms. The van der Waals surface area contributed by atoms with Gasteiger partial charge in [0.2, 0.25) is 0 Å². The van der Waals surface area contributed by atoms with Crippen LogP contribution in [0.5, 0.6) is 0 Å². The predicted molar refractivity (Wildman–Crippen MR) is 80.5 cm³/mol. The first-order valence-corrected chi connectivity index (χ1v) is 14.2. The number of rotatable bonds is 8. The molecule has 0 radical (unpaired) electrons. The summed E-state index contributed by atoms with van der Waals surface area (Å²) in [4.78, 5) is 0. The van der Waals surface area contributed by atoms with E-state index >= 15 is 0 Å². The molecule has 0 aromatic rings. The van der Waals surface area contributed by atoms with Crippen molar-refractivity contribution in [3.63, 3.8) is 0 Å². The van der Waals surface area contributed by atoms with Gasteiger partial charge < -0.3 is 0 Å². The zero-order valence-electron chi connectivity index (χ0n) is 12.8. The summed E-state index contributed by atoms with van der Waals surface area (Å²) in [7, 11) is 18.0. The molecule has 0 bridgehead atoms. The quantitative estimate of drug-likeness (QED) is 0.491. The van der Waals surface area contributed by atoms with E-state index in [4.69, 9.17) is 0 Å². The molecule has 0 aromatic heterocycles. The Morgan fingerprint density at radius 3 is 0.941 bits per heavy atom. The summed E-state index contributed by atoms with van der Waals surface area (Å²) in [6, 6.07) is 0. The fraction of sp³-hybridized carbons (Fsp3) is 1.00. The van der Waals surface area contributed by atoms with Crippen LogP contribution in [0, 0.1) is 0 Å². The van der Waals surface area contributed by atoms with Crippen LogP contribution in [-0.2, 0) is 0 Å². The van der Waals surface area contributed by atoms with Crippen LogP contribution in [-0.4, -0.2) is 110 Å². The maximum absolute atomic E-state index is 2.50. The molecule has 0 aliphatic carbocycles. The summed E-state index contributed by atoms with van der Waals surface area (Å²) in [6.45, 7) is 0. The molecule has 0 fully saturated rings. The van der Waals surface area contributed by atoms with Crippen molar-refractivity contribution >= 4 is 41.5 Å². The first-order valence-electron chi connectivity index (χ1n) is 6.01. The molecule has 0 aromatic carbocycles. The van der Waals surface area contributed by atoms with Gasteiger partial charge in [-0.15, -0.1) is 0 Å². The molecule has 6 heteroatoms. The minimum absolute atomic E-state index is 1.30. The first kappa shape index (κ1) is 18.5. The standard InChI is InChI=1S/C3H6.4C2H6N.2Sb/c5*1-3-2;;/h1-3H2;4*1-2H3;;/q;4*-1;2*+2. The predicted octanol–water partition coefficient (Wildman–Crippen LogP) is 0.599. The van der Waals surface area contributed by atoms with Crippen LogP contribution in [0.4, 0.5) is 0 Å². The van der Waals surface area contributed by atoms with E-state index in [-0.39, 0.29) is 0 Å². The van der Waals surface area contributed by atoms with Gasteiger partial charge >= 0.3 is 125 Å². The summed E-state index contributed by atoms with van der Waals surface area (Å²) >= 11 is -2.59. The summed E-state index contributed by atoms with van der Waals surface area (Å²) in [6.07, 6.45) is 1.42. The molecule has 0 aliphatic heterocycles. The van der Waals surface area contributed by atoms with Crippen molar-refractivity contribution in [1.82, 2.24) is 12.2 Å². The van der Waals surface area contributed by atoms with Crippen LogP contribution >= 0.6 is 0 Å². The van der Waals surface area contributed by atoms with E-state index in [0.717, 1.165) is 0 Å².